The first-order valence-corrected chi connectivity index (χ1v) is 8.50. The van der Waals surface area contributed by atoms with Crippen LogP contribution in [0.3, 0.4) is 0 Å². The lowest BCUT2D eigenvalue weighted by Crippen LogP contribution is -2.40. The lowest BCUT2D eigenvalue weighted by molar-refractivity contribution is -0.385. The van der Waals surface area contributed by atoms with Crippen LogP contribution in [0.2, 0.25) is 5.02 Å². The second-order valence-corrected chi connectivity index (χ2v) is 6.94. The highest BCUT2D eigenvalue weighted by atomic mass is 35.5. The van der Waals surface area contributed by atoms with E-state index in [-0.39, 0.29) is 47.2 Å². The Morgan fingerprint density at radius 2 is 2.08 bits per heavy atom. The summed E-state index contributed by atoms with van der Waals surface area (Å²) in [6.07, 6.45) is 2.01. The smallest absolute Gasteiger partial charge is 0.283 e. The van der Waals surface area contributed by atoms with E-state index in [1.165, 1.54) is 18.2 Å². The molecular formula is C16H20Cl2N4O4. The van der Waals surface area contributed by atoms with Crippen molar-refractivity contribution in [3.8, 4) is 0 Å². The number of fused-ring (bicyclic) bond motifs is 1. The van der Waals surface area contributed by atoms with Crippen molar-refractivity contribution in [3.05, 3.63) is 38.9 Å². The highest BCUT2D eigenvalue weighted by molar-refractivity contribution is 6.34. The van der Waals surface area contributed by atoms with Gasteiger partial charge in [-0.1, -0.05) is 17.7 Å². The van der Waals surface area contributed by atoms with Gasteiger partial charge >= 0.3 is 0 Å². The van der Waals surface area contributed by atoms with Crippen LogP contribution in [-0.2, 0) is 4.79 Å². The van der Waals surface area contributed by atoms with Crippen molar-refractivity contribution >= 4 is 41.5 Å². The highest BCUT2D eigenvalue weighted by Gasteiger charge is 2.42. The molecule has 0 spiro atoms. The number of likely N-dealkylation sites (tertiary alicyclic amines) is 1. The van der Waals surface area contributed by atoms with Gasteiger partial charge in [0.1, 0.15) is 5.56 Å². The normalized spacial score (nSPS) is 23.9. The summed E-state index contributed by atoms with van der Waals surface area (Å²) in [5.74, 6) is -0.199. The van der Waals surface area contributed by atoms with Crippen LogP contribution in [0.25, 0.3) is 0 Å². The molecule has 0 radical (unpaired) electrons. The number of nitro benzene ring substituents is 1. The van der Waals surface area contributed by atoms with Crippen LogP contribution < -0.4 is 11.1 Å². The van der Waals surface area contributed by atoms with Crippen LogP contribution in [-0.4, -0.2) is 47.3 Å². The number of rotatable bonds is 4. The predicted octanol–water partition coefficient (Wildman–Crippen LogP) is 1.60. The lowest BCUT2D eigenvalue weighted by Gasteiger charge is -2.19. The number of hydrogen-bond donors (Lipinski definition) is 2. The fourth-order valence-electron chi connectivity index (χ4n) is 3.76. The number of nitrogens with zero attached hydrogens (tertiary/aromatic N) is 2. The van der Waals surface area contributed by atoms with Crippen LogP contribution in [0.4, 0.5) is 5.69 Å². The van der Waals surface area contributed by atoms with E-state index in [0.717, 1.165) is 12.8 Å². The molecule has 0 aromatic heterocycles. The van der Waals surface area contributed by atoms with Gasteiger partial charge in [-0.15, -0.1) is 12.4 Å². The van der Waals surface area contributed by atoms with E-state index in [0.29, 0.717) is 24.9 Å². The molecule has 10 heteroatoms. The van der Waals surface area contributed by atoms with Crippen LogP contribution in [0, 0.1) is 22.0 Å². The molecule has 1 saturated heterocycles. The summed E-state index contributed by atoms with van der Waals surface area (Å²) in [6.45, 7) is 1.03. The average molecular weight is 403 g/mol. The number of nitrogens with one attached hydrogen (secondary N) is 1. The fraction of sp³-hybridized carbons (Fsp3) is 0.500. The van der Waals surface area contributed by atoms with Gasteiger partial charge in [-0.05, 0) is 30.7 Å². The molecule has 26 heavy (non-hydrogen) atoms. The Labute approximate surface area is 161 Å². The SMILES string of the molecule is Cl.NC1CCC2CN(C(=O)CNC(=O)c3c(Cl)cccc3[N+](=O)[O-])CC12. The molecule has 3 unspecified atom stereocenters. The number of nitro groups is 1. The van der Waals surface area contributed by atoms with Crippen LogP contribution in [0.1, 0.15) is 23.2 Å². The maximum atomic E-state index is 12.3. The number of benzene rings is 1. The second kappa shape index (κ2) is 8.20. The molecule has 1 aromatic rings. The van der Waals surface area contributed by atoms with Gasteiger partial charge in [-0.25, -0.2) is 0 Å². The number of halogens is 2. The zero-order valence-corrected chi connectivity index (χ0v) is 15.5. The molecule has 1 aliphatic heterocycles. The Morgan fingerprint density at radius 1 is 1.35 bits per heavy atom. The maximum Gasteiger partial charge on any atom is 0.283 e. The topological polar surface area (TPSA) is 119 Å². The van der Waals surface area contributed by atoms with Gasteiger partial charge in [0.25, 0.3) is 11.6 Å². The molecule has 1 aromatic carbocycles. The minimum atomic E-state index is -0.734. The molecule has 3 rings (SSSR count). The van der Waals surface area contributed by atoms with Gasteiger partial charge in [-0.3, -0.25) is 19.7 Å². The van der Waals surface area contributed by atoms with Crippen LogP contribution in [0.5, 0.6) is 0 Å². The molecule has 1 heterocycles. The summed E-state index contributed by atoms with van der Waals surface area (Å²) in [5, 5.41) is 13.5. The lowest BCUT2D eigenvalue weighted by atomic mass is 9.98. The third-order valence-electron chi connectivity index (χ3n) is 5.08. The van der Waals surface area contributed by atoms with Crippen molar-refractivity contribution < 1.29 is 14.5 Å². The third kappa shape index (κ3) is 3.92. The quantitative estimate of drug-likeness (QED) is 0.585. The number of carbonyl (C=O) groups is 2. The van der Waals surface area contributed by atoms with E-state index in [1.54, 1.807) is 4.90 Å². The maximum absolute atomic E-state index is 12.3. The molecule has 2 fully saturated rings. The molecule has 0 bridgehead atoms. The summed E-state index contributed by atoms with van der Waals surface area (Å²) in [7, 11) is 0. The van der Waals surface area contributed by atoms with Crippen molar-refractivity contribution in [2.75, 3.05) is 19.6 Å². The van der Waals surface area contributed by atoms with E-state index in [4.69, 9.17) is 17.3 Å². The van der Waals surface area contributed by atoms with Crippen molar-refractivity contribution in [2.45, 2.75) is 18.9 Å². The largest absolute Gasteiger partial charge is 0.343 e. The molecule has 8 nitrogen and oxygen atoms in total. The fourth-order valence-corrected chi connectivity index (χ4v) is 4.01. The first kappa shape index (κ1) is 20.4. The number of amides is 2. The molecular weight excluding hydrogens is 383 g/mol. The monoisotopic (exact) mass is 402 g/mol. The highest BCUT2D eigenvalue weighted by Crippen LogP contribution is 2.37. The van der Waals surface area contributed by atoms with Gasteiger partial charge < -0.3 is 16.0 Å². The summed E-state index contributed by atoms with van der Waals surface area (Å²) in [4.78, 5) is 36.7. The molecule has 1 aliphatic carbocycles. The first-order chi connectivity index (χ1) is 11.9. The van der Waals surface area contributed by atoms with Crippen LogP contribution in [0.15, 0.2) is 18.2 Å². The summed E-state index contributed by atoms with van der Waals surface area (Å²) in [5.41, 5.74) is 5.43. The number of carbonyl (C=O) groups excluding carboxylic acids is 2. The van der Waals surface area contributed by atoms with Gasteiger partial charge in [0.2, 0.25) is 5.91 Å². The van der Waals surface area contributed by atoms with Crippen molar-refractivity contribution in [1.82, 2.24) is 10.2 Å². The minimum Gasteiger partial charge on any atom is -0.343 e. The zero-order valence-electron chi connectivity index (χ0n) is 13.9. The van der Waals surface area contributed by atoms with E-state index in [9.17, 15) is 19.7 Å². The predicted molar refractivity (Wildman–Crippen MR) is 98.5 cm³/mol. The Bertz CT molecular complexity index is 730. The molecule has 3 atom stereocenters. The van der Waals surface area contributed by atoms with E-state index in [2.05, 4.69) is 5.32 Å². The summed E-state index contributed by atoms with van der Waals surface area (Å²) >= 11 is 5.92. The molecule has 142 valence electrons. The van der Waals surface area contributed by atoms with Gasteiger partial charge in [0.05, 0.1) is 16.5 Å². The second-order valence-electron chi connectivity index (χ2n) is 6.54. The number of nitrogens with two attached hydrogens (primary N) is 1. The zero-order chi connectivity index (χ0) is 18.1. The Hall–Kier alpha value is -1.90. The van der Waals surface area contributed by atoms with Crippen molar-refractivity contribution in [3.63, 3.8) is 0 Å². The van der Waals surface area contributed by atoms with Crippen molar-refractivity contribution in [1.29, 1.82) is 0 Å². The number of hydrogen-bond acceptors (Lipinski definition) is 5. The summed E-state index contributed by atoms with van der Waals surface area (Å²) in [6, 6.07) is 4.12. The Morgan fingerprint density at radius 3 is 2.73 bits per heavy atom. The standard InChI is InChI=1S/C16H19ClN4O4.ClH/c17-11-2-1-3-13(21(24)25)15(11)16(23)19-6-14(22)20-7-9-4-5-12(18)10(9)8-20;/h1-3,9-10,12H,4-8,18H2,(H,19,23);1H. The van der Waals surface area contributed by atoms with Gasteiger partial charge in [-0.2, -0.15) is 0 Å². The molecule has 2 amide bonds. The third-order valence-corrected chi connectivity index (χ3v) is 5.40. The Balaban J connectivity index is 0.00000243. The molecule has 3 N–H and O–H groups in total. The molecule has 1 saturated carbocycles. The van der Waals surface area contributed by atoms with E-state index < -0.39 is 10.8 Å². The van der Waals surface area contributed by atoms with E-state index in [1.807, 2.05) is 0 Å². The van der Waals surface area contributed by atoms with Crippen molar-refractivity contribution in [2.24, 2.45) is 17.6 Å². The molecule has 2 aliphatic rings. The van der Waals surface area contributed by atoms with Crippen LogP contribution >= 0.6 is 24.0 Å². The summed E-state index contributed by atoms with van der Waals surface area (Å²) < 4.78 is 0. The van der Waals surface area contributed by atoms with E-state index >= 15 is 0 Å². The average Bonchev–Trinajstić information content (AvgIpc) is 3.14. The minimum absolute atomic E-state index is 0. The first-order valence-electron chi connectivity index (χ1n) is 8.13. The van der Waals surface area contributed by atoms with Gasteiger partial charge in [0.15, 0.2) is 0 Å². The Kier molecular flexibility index (Phi) is 6.44. The van der Waals surface area contributed by atoms with Gasteiger partial charge in [0, 0.05) is 25.2 Å².